The highest BCUT2D eigenvalue weighted by Crippen LogP contribution is 2.22. The molecule has 2 nitrogen and oxygen atoms in total. The summed E-state index contributed by atoms with van der Waals surface area (Å²) in [6.07, 6.45) is 1.10. The molecule has 0 amide bonds. The summed E-state index contributed by atoms with van der Waals surface area (Å²) in [7, 11) is -3.22. The van der Waals surface area contributed by atoms with Crippen LogP contribution in [0.3, 0.4) is 0 Å². The first-order chi connectivity index (χ1) is 5.93. The van der Waals surface area contributed by atoms with Gasteiger partial charge in [-0.15, -0.1) is 0 Å². The molecular formula is C9H11FO2S. The van der Waals surface area contributed by atoms with Crippen molar-refractivity contribution in [1.29, 1.82) is 0 Å². The van der Waals surface area contributed by atoms with Crippen molar-refractivity contribution in [2.24, 2.45) is 0 Å². The van der Waals surface area contributed by atoms with Crippen LogP contribution in [0.25, 0.3) is 0 Å². The predicted molar refractivity (Wildman–Crippen MR) is 49.7 cm³/mol. The molecule has 0 saturated heterocycles. The van der Waals surface area contributed by atoms with Gasteiger partial charge in [0.1, 0.15) is 5.82 Å². The normalized spacial score (nSPS) is 14.1. The van der Waals surface area contributed by atoms with Crippen molar-refractivity contribution >= 4 is 9.84 Å². The second-order valence-electron chi connectivity index (χ2n) is 2.99. The van der Waals surface area contributed by atoms with E-state index in [1.807, 2.05) is 0 Å². The zero-order valence-electron chi connectivity index (χ0n) is 7.49. The SMILES string of the molecule is C[C@H](c1ccccc1F)S(C)(=O)=O. The third-order valence-corrected chi connectivity index (χ3v) is 3.52. The van der Waals surface area contributed by atoms with Gasteiger partial charge in [0, 0.05) is 11.8 Å². The Morgan fingerprint density at radius 2 is 1.85 bits per heavy atom. The summed E-state index contributed by atoms with van der Waals surface area (Å²) in [5.41, 5.74) is 0.227. The van der Waals surface area contributed by atoms with Gasteiger partial charge in [0.2, 0.25) is 0 Å². The summed E-state index contributed by atoms with van der Waals surface area (Å²) in [6.45, 7) is 1.48. The first-order valence-electron chi connectivity index (χ1n) is 3.86. The Morgan fingerprint density at radius 3 is 2.31 bits per heavy atom. The van der Waals surface area contributed by atoms with E-state index in [9.17, 15) is 12.8 Å². The van der Waals surface area contributed by atoms with Gasteiger partial charge in [-0.25, -0.2) is 12.8 Å². The lowest BCUT2D eigenvalue weighted by atomic mass is 10.1. The van der Waals surface area contributed by atoms with Crippen LogP contribution in [-0.4, -0.2) is 14.7 Å². The Labute approximate surface area is 77.3 Å². The van der Waals surface area contributed by atoms with Gasteiger partial charge in [0.05, 0.1) is 5.25 Å². The third-order valence-electron chi connectivity index (χ3n) is 1.99. The molecule has 1 aromatic carbocycles. The molecule has 0 aliphatic carbocycles. The van der Waals surface area contributed by atoms with Crippen LogP contribution in [0.5, 0.6) is 0 Å². The Hall–Kier alpha value is -0.900. The molecule has 13 heavy (non-hydrogen) atoms. The average molecular weight is 202 g/mol. The molecule has 0 aliphatic rings. The molecule has 4 heteroatoms. The average Bonchev–Trinajstić information content (AvgIpc) is 2.02. The van der Waals surface area contributed by atoms with Gasteiger partial charge in [-0.3, -0.25) is 0 Å². The van der Waals surface area contributed by atoms with Crippen LogP contribution in [0.2, 0.25) is 0 Å². The fraction of sp³-hybridized carbons (Fsp3) is 0.333. The van der Waals surface area contributed by atoms with Crippen LogP contribution in [0.4, 0.5) is 4.39 Å². The molecule has 0 radical (unpaired) electrons. The molecule has 0 aromatic heterocycles. The van der Waals surface area contributed by atoms with E-state index in [2.05, 4.69) is 0 Å². The Bertz CT molecular complexity index is 398. The number of halogens is 1. The van der Waals surface area contributed by atoms with Gasteiger partial charge in [0.15, 0.2) is 9.84 Å². The molecule has 0 N–H and O–H groups in total. The topological polar surface area (TPSA) is 34.1 Å². The lowest BCUT2D eigenvalue weighted by Crippen LogP contribution is -2.09. The fourth-order valence-electron chi connectivity index (χ4n) is 1.04. The highest BCUT2D eigenvalue weighted by molar-refractivity contribution is 7.90. The largest absolute Gasteiger partial charge is 0.229 e. The quantitative estimate of drug-likeness (QED) is 0.734. The molecule has 1 aromatic rings. The van der Waals surface area contributed by atoms with E-state index in [0.29, 0.717) is 0 Å². The molecular weight excluding hydrogens is 191 g/mol. The molecule has 0 unspecified atom stereocenters. The van der Waals surface area contributed by atoms with E-state index in [4.69, 9.17) is 0 Å². The summed E-state index contributed by atoms with van der Waals surface area (Å²) < 4.78 is 35.3. The van der Waals surface area contributed by atoms with E-state index in [1.54, 1.807) is 6.07 Å². The second kappa shape index (κ2) is 3.46. The van der Waals surface area contributed by atoms with Crippen molar-refractivity contribution in [3.05, 3.63) is 35.6 Å². The molecule has 0 heterocycles. The van der Waals surface area contributed by atoms with Crippen LogP contribution < -0.4 is 0 Å². The summed E-state index contributed by atoms with van der Waals surface area (Å²) in [5.74, 6) is -0.472. The number of rotatable bonds is 2. The lowest BCUT2D eigenvalue weighted by Gasteiger charge is -2.09. The van der Waals surface area contributed by atoms with Crippen molar-refractivity contribution in [2.45, 2.75) is 12.2 Å². The van der Waals surface area contributed by atoms with Crippen LogP contribution in [0.1, 0.15) is 17.7 Å². The Balaban J connectivity index is 3.17. The van der Waals surface area contributed by atoms with E-state index in [0.717, 1.165) is 6.26 Å². The molecule has 1 rings (SSSR count). The van der Waals surface area contributed by atoms with Crippen molar-refractivity contribution in [3.8, 4) is 0 Å². The highest BCUT2D eigenvalue weighted by Gasteiger charge is 2.19. The monoisotopic (exact) mass is 202 g/mol. The minimum absolute atomic E-state index is 0.227. The van der Waals surface area contributed by atoms with Crippen molar-refractivity contribution < 1.29 is 12.8 Å². The lowest BCUT2D eigenvalue weighted by molar-refractivity contribution is 0.578. The minimum Gasteiger partial charge on any atom is -0.229 e. The van der Waals surface area contributed by atoms with Crippen molar-refractivity contribution in [2.75, 3.05) is 6.26 Å². The van der Waals surface area contributed by atoms with Gasteiger partial charge < -0.3 is 0 Å². The maximum absolute atomic E-state index is 13.1. The predicted octanol–water partition coefficient (Wildman–Crippen LogP) is 1.93. The first kappa shape index (κ1) is 10.2. The molecule has 0 bridgehead atoms. The number of hydrogen-bond donors (Lipinski definition) is 0. The molecule has 0 spiro atoms. The molecule has 0 saturated carbocycles. The summed E-state index contributed by atoms with van der Waals surface area (Å²) in [5, 5.41) is -0.784. The zero-order chi connectivity index (χ0) is 10.1. The van der Waals surface area contributed by atoms with E-state index < -0.39 is 20.9 Å². The summed E-state index contributed by atoms with van der Waals surface area (Å²) in [4.78, 5) is 0. The smallest absolute Gasteiger partial charge is 0.154 e. The number of benzene rings is 1. The van der Waals surface area contributed by atoms with Gasteiger partial charge >= 0.3 is 0 Å². The fourth-order valence-corrected chi connectivity index (χ4v) is 1.69. The van der Waals surface area contributed by atoms with Crippen LogP contribution >= 0.6 is 0 Å². The second-order valence-corrected chi connectivity index (χ2v) is 5.36. The zero-order valence-corrected chi connectivity index (χ0v) is 8.31. The van der Waals surface area contributed by atoms with Gasteiger partial charge in [0.25, 0.3) is 0 Å². The van der Waals surface area contributed by atoms with Gasteiger partial charge in [-0.2, -0.15) is 0 Å². The summed E-state index contributed by atoms with van der Waals surface area (Å²) in [6, 6.07) is 5.91. The Morgan fingerprint density at radius 1 is 1.31 bits per heavy atom. The maximum atomic E-state index is 13.1. The van der Waals surface area contributed by atoms with Gasteiger partial charge in [-0.1, -0.05) is 18.2 Å². The van der Waals surface area contributed by atoms with Crippen molar-refractivity contribution in [3.63, 3.8) is 0 Å². The van der Waals surface area contributed by atoms with E-state index >= 15 is 0 Å². The molecule has 72 valence electrons. The molecule has 0 aliphatic heterocycles. The number of hydrogen-bond acceptors (Lipinski definition) is 2. The van der Waals surface area contributed by atoms with Gasteiger partial charge in [-0.05, 0) is 13.0 Å². The molecule has 0 fully saturated rings. The number of sulfone groups is 1. The highest BCUT2D eigenvalue weighted by atomic mass is 32.2. The van der Waals surface area contributed by atoms with E-state index in [-0.39, 0.29) is 5.56 Å². The van der Waals surface area contributed by atoms with Crippen molar-refractivity contribution in [1.82, 2.24) is 0 Å². The minimum atomic E-state index is -3.22. The first-order valence-corrected chi connectivity index (χ1v) is 5.81. The third kappa shape index (κ3) is 2.28. The maximum Gasteiger partial charge on any atom is 0.154 e. The van der Waals surface area contributed by atoms with Crippen LogP contribution in [-0.2, 0) is 9.84 Å². The molecule has 1 atom stereocenters. The van der Waals surface area contributed by atoms with E-state index in [1.165, 1.54) is 25.1 Å². The summed E-state index contributed by atoms with van der Waals surface area (Å²) >= 11 is 0. The van der Waals surface area contributed by atoms with Crippen LogP contribution in [0, 0.1) is 5.82 Å². The Kier molecular flexibility index (Phi) is 2.71. The van der Waals surface area contributed by atoms with Crippen LogP contribution in [0.15, 0.2) is 24.3 Å². The standard InChI is InChI=1S/C9H11FO2S/c1-7(13(2,11)12)8-5-3-4-6-9(8)10/h3-7H,1-2H3/t7-/m1/s1.